The molecule has 120 valence electrons. The minimum Gasteiger partial charge on any atom is -0.391 e. The van der Waals surface area contributed by atoms with Crippen LogP contribution in [0.15, 0.2) is 0 Å². The van der Waals surface area contributed by atoms with Crippen LogP contribution >= 0.6 is 0 Å². The zero-order valence-electron chi connectivity index (χ0n) is 13.5. The highest BCUT2D eigenvalue weighted by Gasteiger charge is 2.54. The molecule has 4 bridgehead atoms. The van der Waals surface area contributed by atoms with Crippen molar-refractivity contribution in [2.24, 2.45) is 23.2 Å². The third-order valence-electron chi connectivity index (χ3n) is 7.02. The fraction of sp³-hybridized carbons (Fsp3) is 1.00. The Morgan fingerprint density at radius 2 is 1.76 bits per heavy atom. The molecule has 0 spiro atoms. The largest absolute Gasteiger partial charge is 0.391 e. The number of methoxy groups -OCH3 is 1. The van der Waals surface area contributed by atoms with Gasteiger partial charge in [-0.3, -0.25) is 4.90 Å². The van der Waals surface area contributed by atoms with Gasteiger partial charge in [-0.1, -0.05) is 0 Å². The first-order chi connectivity index (χ1) is 10.2. The lowest BCUT2D eigenvalue weighted by Gasteiger charge is -2.59. The van der Waals surface area contributed by atoms with Crippen LogP contribution in [0.25, 0.3) is 0 Å². The van der Waals surface area contributed by atoms with E-state index in [9.17, 15) is 5.11 Å². The van der Waals surface area contributed by atoms with Crippen LogP contribution < -0.4 is 0 Å². The number of β-amino-alcohol motifs (C(OH)–C–C–N with tert-alkyl or cyclic N) is 1. The van der Waals surface area contributed by atoms with Crippen LogP contribution in [-0.4, -0.2) is 49.0 Å². The van der Waals surface area contributed by atoms with E-state index in [0.717, 1.165) is 37.4 Å². The molecule has 0 aromatic carbocycles. The van der Waals surface area contributed by atoms with Crippen molar-refractivity contribution in [1.82, 2.24) is 4.90 Å². The molecular weight excluding hydrogens is 262 g/mol. The van der Waals surface area contributed by atoms with E-state index in [4.69, 9.17) is 4.74 Å². The zero-order chi connectivity index (χ0) is 14.4. The smallest absolute Gasteiger partial charge is 0.0723 e. The molecular formula is C18H31NO2. The maximum absolute atomic E-state index is 11.0. The SMILES string of the molecule is COC1CCCN(CC(O)C23CC4CC(CC(C4)C2)C3)C1. The van der Waals surface area contributed by atoms with Crippen LogP contribution in [0.5, 0.6) is 0 Å². The number of piperidine rings is 1. The van der Waals surface area contributed by atoms with Crippen molar-refractivity contribution in [3.63, 3.8) is 0 Å². The number of rotatable bonds is 4. The lowest BCUT2D eigenvalue weighted by molar-refractivity contribution is -0.129. The van der Waals surface area contributed by atoms with Gasteiger partial charge in [-0.15, -0.1) is 0 Å². The minimum atomic E-state index is -0.110. The molecule has 5 aliphatic rings. The molecule has 3 nitrogen and oxygen atoms in total. The third-order valence-corrected chi connectivity index (χ3v) is 7.02. The molecule has 4 saturated carbocycles. The summed E-state index contributed by atoms with van der Waals surface area (Å²) in [5.41, 5.74) is 0.273. The molecule has 0 aromatic heterocycles. The van der Waals surface area contributed by atoms with Crippen LogP contribution in [0, 0.1) is 23.2 Å². The second kappa shape index (κ2) is 5.50. The van der Waals surface area contributed by atoms with Crippen LogP contribution in [0.4, 0.5) is 0 Å². The van der Waals surface area contributed by atoms with Gasteiger partial charge in [0.25, 0.3) is 0 Å². The summed E-state index contributed by atoms with van der Waals surface area (Å²) in [5.74, 6) is 2.79. The average Bonchev–Trinajstić information content (AvgIpc) is 2.46. The Hall–Kier alpha value is -0.120. The molecule has 0 amide bonds. The third kappa shape index (κ3) is 2.66. The number of aliphatic hydroxyl groups is 1. The van der Waals surface area contributed by atoms with E-state index < -0.39 is 0 Å². The van der Waals surface area contributed by atoms with E-state index in [1.165, 1.54) is 51.4 Å². The summed E-state index contributed by atoms with van der Waals surface area (Å²) in [5, 5.41) is 11.0. The molecule has 3 heteroatoms. The highest BCUT2D eigenvalue weighted by atomic mass is 16.5. The summed E-state index contributed by atoms with van der Waals surface area (Å²) in [6, 6.07) is 0. The van der Waals surface area contributed by atoms with Gasteiger partial charge >= 0.3 is 0 Å². The van der Waals surface area contributed by atoms with Gasteiger partial charge in [0.1, 0.15) is 0 Å². The Morgan fingerprint density at radius 3 is 2.33 bits per heavy atom. The van der Waals surface area contributed by atoms with Crippen molar-refractivity contribution in [2.75, 3.05) is 26.7 Å². The summed E-state index contributed by atoms with van der Waals surface area (Å²) >= 11 is 0. The van der Waals surface area contributed by atoms with E-state index in [-0.39, 0.29) is 11.5 Å². The lowest BCUT2D eigenvalue weighted by Crippen LogP contribution is -2.55. The highest BCUT2D eigenvalue weighted by Crippen LogP contribution is 2.61. The first-order valence-electron chi connectivity index (χ1n) is 9.10. The summed E-state index contributed by atoms with van der Waals surface area (Å²) in [7, 11) is 1.82. The molecule has 1 N–H and O–H groups in total. The average molecular weight is 293 g/mol. The Bertz CT molecular complexity index is 348. The van der Waals surface area contributed by atoms with Gasteiger partial charge in [0.2, 0.25) is 0 Å². The standard InChI is InChI=1S/C18H31NO2/c1-21-16-3-2-4-19(11-16)12-17(20)18-8-13-5-14(9-18)7-15(6-13)10-18/h13-17,20H,2-12H2,1H3. The predicted molar refractivity (Wildman–Crippen MR) is 83.1 cm³/mol. The second-order valence-electron chi connectivity index (χ2n) is 8.56. The van der Waals surface area contributed by atoms with Crippen molar-refractivity contribution in [3.8, 4) is 0 Å². The predicted octanol–water partition coefficient (Wildman–Crippen LogP) is 2.67. The first kappa shape index (κ1) is 14.5. The first-order valence-corrected chi connectivity index (χ1v) is 9.10. The van der Waals surface area contributed by atoms with Gasteiger partial charge in [-0.2, -0.15) is 0 Å². The summed E-state index contributed by atoms with van der Waals surface area (Å²) in [4.78, 5) is 2.46. The molecule has 1 heterocycles. The maximum Gasteiger partial charge on any atom is 0.0723 e. The zero-order valence-corrected chi connectivity index (χ0v) is 13.5. The highest BCUT2D eigenvalue weighted by molar-refractivity contribution is 5.04. The molecule has 2 unspecified atom stereocenters. The van der Waals surface area contributed by atoms with Crippen LogP contribution in [0.1, 0.15) is 51.4 Å². The number of hydrogen-bond acceptors (Lipinski definition) is 3. The van der Waals surface area contributed by atoms with Gasteiger partial charge < -0.3 is 9.84 Å². The quantitative estimate of drug-likeness (QED) is 0.865. The summed E-state index contributed by atoms with van der Waals surface area (Å²) in [6.07, 6.45) is 11.0. The molecule has 0 aromatic rings. The fourth-order valence-electron chi connectivity index (χ4n) is 6.40. The van der Waals surface area contributed by atoms with E-state index in [0.29, 0.717) is 6.10 Å². The summed E-state index contributed by atoms with van der Waals surface area (Å²) < 4.78 is 5.53. The number of hydrogen-bond donors (Lipinski definition) is 1. The molecule has 1 aliphatic heterocycles. The minimum absolute atomic E-state index is 0.110. The summed E-state index contributed by atoms with van der Waals surface area (Å²) in [6.45, 7) is 3.04. The number of aliphatic hydroxyl groups excluding tert-OH is 1. The van der Waals surface area contributed by atoms with Crippen molar-refractivity contribution < 1.29 is 9.84 Å². The number of ether oxygens (including phenoxy) is 1. The van der Waals surface area contributed by atoms with Gasteiger partial charge in [0.05, 0.1) is 12.2 Å². The van der Waals surface area contributed by atoms with E-state index in [1.54, 1.807) is 0 Å². The Balaban J connectivity index is 1.41. The number of likely N-dealkylation sites (tertiary alicyclic amines) is 1. The molecule has 5 fully saturated rings. The van der Waals surface area contributed by atoms with E-state index >= 15 is 0 Å². The molecule has 5 rings (SSSR count). The normalized spacial score (nSPS) is 47.7. The fourth-order valence-corrected chi connectivity index (χ4v) is 6.40. The molecule has 0 radical (unpaired) electrons. The second-order valence-corrected chi connectivity index (χ2v) is 8.56. The Labute approximate surface area is 129 Å². The van der Waals surface area contributed by atoms with Gasteiger partial charge in [-0.25, -0.2) is 0 Å². The monoisotopic (exact) mass is 293 g/mol. The topological polar surface area (TPSA) is 32.7 Å². The van der Waals surface area contributed by atoms with Crippen molar-refractivity contribution in [1.29, 1.82) is 0 Å². The molecule has 1 saturated heterocycles. The van der Waals surface area contributed by atoms with Gasteiger partial charge in [0, 0.05) is 20.2 Å². The van der Waals surface area contributed by atoms with Crippen LogP contribution in [0.2, 0.25) is 0 Å². The van der Waals surface area contributed by atoms with E-state index in [1.807, 2.05) is 7.11 Å². The van der Waals surface area contributed by atoms with Crippen LogP contribution in [-0.2, 0) is 4.74 Å². The van der Waals surface area contributed by atoms with Crippen molar-refractivity contribution in [3.05, 3.63) is 0 Å². The van der Waals surface area contributed by atoms with Crippen molar-refractivity contribution >= 4 is 0 Å². The number of nitrogens with zero attached hydrogens (tertiary/aromatic N) is 1. The van der Waals surface area contributed by atoms with Gasteiger partial charge in [-0.05, 0) is 81.1 Å². The van der Waals surface area contributed by atoms with Crippen molar-refractivity contribution in [2.45, 2.75) is 63.6 Å². The molecule has 2 atom stereocenters. The Kier molecular flexibility index (Phi) is 3.79. The molecule has 4 aliphatic carbocycles. The lowest BCUT2D eigenvalue weighted by atomic mass is 9.48. The Morgan fingerprint density at radius 1 is 1.14 bits per heavy atom. The molecule has 21 heavy (non-hydrogen) atoms. The maximum atomic E-state index is 11.0. The van der Waals surface area contributed by atoms with Gasteiger partial charge in [0.15, 0.2) is 0 Å². The van der Waals surface area contributed by atoms with Crippen LogP contribution in [0.3, 0.4) is 0 Å². The van der Waals surface area contributed by atoms with E-state index in [2.05, 4.69) is 4.90 Å².